The van der Waals surface area contributed by atoms with Gasteiger partial charge in [-0.15, -0.1) is 10.2 Å². The number of piperazine rings is 1. The van der Waals surface area contributed by atoms with Crippen molar-refractivity contribution in [1.29, 1.82) is 0 Å². The molecule has 0 saturated carbocycles. The van der Waals surface area contributed by atoms with E-state index < -0.39 is 0 Å². The predicted molar refractivity (Wildman–Crippen MR) is 138 cm³/mol. The van der Waals surface area contributed by atoms with Crippen LogP contribution in [0.25, 0.3) is 16.7 Å². The van der Waals surface area contributed by atoms with Crippen LogP contribution in [0.2, 0.25) is 0 Å². The van der Waals surface area contributed by atoms with Crippen molar-refractivity contribution in [3.05, 3.63) is 70.8 Å². The molecule has 1 amide bonds. The molecule has 1 saturated heterocycles. The minimum Gasteiger partial charge on any atom is -0.368 e. The Bertz CT molecular complexity index is 1380. The molecule has 0 atom stereocenters. The standard InChI is InChI=1S/C27H32N6O2/c1-20(2)14-15-32-26(35)22-10-6-7-11-23(22)33-24(28-29-27(32)33)12-13-25(34)31-18-16-30(17-19-31)21-8-4-3-5-9-21/h3-11,20H,12-19H2,1-2H3. The summed E-state index contributed by atoms with van der Waals surface area (Å²) >= 11 is 0. The monoisotopic (exact) mass is 472 g/mol. The van der Waals surface area contributed by atoms with Crippen LogP contribution >= 0.6 is 0 Å². The zero-order valence-corrected chi connectivity index (χ0v) is 20.4. The van der Waals surface area contributed by atoms with Gasteiger partial charge in [0.1, 0.15) is 5.82 Å². The van der Waals surface area contributed by atoms with Gasteiger partial charge in [-0.1, -0.05) is 44.2 Å². The van der Waals surface area contributed by atoms with Crippen molar-refractivity contribution >= 4 is 28.3 Å². The Morgan fingerprint density at radius 2 is 1.66 bits per heavy atom. The molecule has 0 N–H and O–H groups in total. The van der Waals surface area contributed by atoms with Crippen LogP contribution in [0.3, 0.4) is 0 Å². The van der Waals surface area contributed by atoms with E-state index in [1.807, 2.05) is 51.8 Å². The van der Waals surface area contributed by atoms with Gasteiger partial charge in [-0.05, 0) is 36.6 Å². The van der Waals surface area contributed by atoms with E-state index >= 15 is 0 Å². The molecule has 0 radical (unpaired) electrons. The van der Waals surface area contributed by atoms with Crippen molar-refractivity contribution < 1.29 is 4.79 Å². The van der Waals surface area contributed by atoms with E-state index in [0.717, 1.165) is 25.0 Å². The highest BCUT2D eigenvalue weighted by atomic mass is 16.2. The third-order valence-electron chi connectivity index (χ3n) is 6.82. The number of carbonyl (C=O) groups excluding carboxylic acids is 1. The summed E-state index contributed by atoms with van der Waals surface area (Å²) in [5.41, 5.74) is 1.95. The number of hydrogen-bond acceptors (Lipinski definition) is 5. The fraction of sp³-hybridized carbons (Fsp3) is 0.407. The molecule has 1 aliphatic rings. The Kier molecular flexibility index (Phi) is 6.53. The number of para-hydroxylation sites is 2. The first-order chi connectivity index (χ1) is 17.0. The maximum absolute atomic E-state index is 13.2. The summed E-state index contributed by atoms with van der Waals surface area (Å²) in [5, 5.41) is 9.45. The van der Waals surface area contributed by atoms with Crippen molar-refractivity contribution in [2.24, 2.45) is 5.92 Å². The molecule has 4 aromatic rings. The molecule has 2 aromatic heterocycles. The molecule has 1 fully saturated rings. The topological polar surface area (TPSA) is 75.7 Å². The van der Waals surface area contributed by atoms with Crippen LogP contribution in [-0.2, 0) is 17.8 Å². The number of aromatic nitrogens is 4. The van der Waals surface area contributed by atoms with Crippen LogP contribution in [0.15, 0.2) is 59.4 Å². The first-order valence-corrected chi connectivity index (χ1v) is 12.5. The smallest absolute Gasteiger partial charge is 0.262 e. The number of aryl methyl sites for hydroxylation is 2. The maximum Gasteiger partial charge on any atom is 0.262 e. The van der Waals surface area contributed by atoms with E-state index in [4.69, 9.17) is 0 Å². The Balaban J connectivity index is 1.33. The van der Waals surface area contributed by atoms with Gasteiger partial charge in [0, 0.05) is 51.3 Å². The molecule has 0 aliphatic carbocycles. The van der Waals surface area contributed by atoms with Crippen LogP contribution in [0.5, 0.6) is 0 Å². The van der Waals surface area contributed by atoms with Gasteiger partial charge in [0.05, 0.1) is 10.9 Å². The summed E-state index contributed by atoms with van der Waals surface area (Å²) in [6.45, 7) is 7.96. The lowest BCUT2D eigenvalue weighted by molar-refractivity contribution is -0.131. The van der Waals surface area contributed by atoms with E-state index in [-0.39, 0.29) is 11.5 Å². The number of carbonyl (C=O) groups is 1. The van der Waals surface area contributed by atoms with Crippen LogP contribution in [0.1, 0.15) is 32.5 Å². The minimum atomic E-state index is -0.0416. The molecule has 35 heavy (non-hydrogen) atoms. The minimum absolute atomic E-state index is 0.0416. The summed E-state index contributed by atoms with van der Waals surface area (Å²) in [6, 6.07) is 17.9. The second-order valence-corrected chi connectivity index (χ2v) is 9.61. The normalized spacial score (nSPS) is 14.4. The second-order valence-electron chi connectivity index (χ2n) is 9.61. The quantitative estimate of drug-likeness (QED) is 0.412. The van der Waals surface area contributed by atoms with Crippen LogP contribution in [0.4, 0.5) is 5.69 Å². The fourth-order valence-corrected chi connectivity index (χ4v) is 4.79. The third-order valence-corrected chi connectivity index (χ3v) is 6.82. The molecule has 182 valence electrons. The van der Waals surface area contributed by atoms with Gasteiger partial charge < -0.3 is 9.80 Å². The van der Waals surface area contributed by atoms with E-state index in [9.17, 15) is 9.59 Å². The van der Waals surface area contributed by atoms with E-state index in [1.54, 1.807) is 4.57 Å². The summed E-state index contributed by atoms with van der Waals surface area (Å²) < 4.78 is 3.68. The lowest BCUT2D eigenvalue weighted by Crippen LogP contribution is -2.48. The molecule has 1 aliphatic heterocycles. The molecule has 0 spiro atoms. The first kappa shape index (κ1) is 23.1. The number of amides is 1. The Morgan fingerprint density at radius 3 is 2.40 bits per heavy atom. The lowest BCUT2D eigenvalue weighted by Gasteiger charge is -2.36. The van der Waals surface area contributed by atoms with Gasteiger partial charge in [-0.25, -0.2) is 0 Å². The highest BCUT2D eigenvalue weighted by Crippen LogP contribution is 2.18. The number of rotatable bonds is 7. The molecular formula is C27H32N6O2. The van der Waals surface area contributed by atoms with Crippen molar-refractivity contribution in [2.75, 3.05) is 31.1 Å². The average molecular weight is 473 g/mol. The number of benzene rings is 2. The number of nitrogens with zero attached hydrogens (tertiary/aromatic N) is 6. The van der Waals surface area contributed by atoms with E-state index in [0.29, 0.717) is 55.4 Å². The van der Waals surface area contributed by atoms with E-state index in [1.165, 1.54) is 5.69 Å². The Morgan fingerprint density at radius 1 is 0.943 bits per heavy atom. The summed E-state index contributed by atoms with van der Waals surface area (Å²) in [6.07, 6.45) is 1.72. The maximum atomic E-state index is 13.2. The highest BCUT2D eigenvalue weighted by Gasteiger charge is 2.22. The van der Waals surface area contributed by atoms with Gasteiger partial charge >= 0.3 is 0 Å². The molecule has 3 heterocycles. The lowest BCUT2D eigenvalue weighted by atomic mass is 10.1. The van der Waals surface area contributed by atoms with Gasteiger partial charge in [-0.2, -0.15) is 0 Å². The van der Waals surface area contributed by atoms with Crippen LogP contribution in [0, 0.1) is 5.92 Å². The van der Waals surface area contributed by atoms with Crippen LogP contribution < -0.4 is 10.5 Å². The van der Waals surface area contributed by atoms with Crippen molar-refractivity contribution in [3.63, 3.8) is 0 Å². The van der Waals surface area contributed by atoms with Gasteiger partial charge in [0.25, 0.3) is 5.56 Å². The summed E-state index contributed by atoms with van der Waals surface area (Å²) in [4.78, 5) is 30.5. The molecule has 8 nitrogen and oxygen atoms in total. The Hall–Kier alpha value is -3.68. The Labute approximate surface area is 204 Å². The molecular weight excluding hydrogens is 440 g/mol. The average Bonchev–Trinajstić information content (AvgIpc) is 3.31. The van der Waals surface area contributed by atoms with E-state index in [2.05, 4.69) is 41.1 Å². The molecule has 2 aromatic carbocycles. The fourth-order valence-electron chi connectivity index (χ4n) is 4.79. The largest absolute Gasteiger partial charge is 0.368 e. The zero-order valence-electron chi connectivity index (χ0n) is 20.4. The van der Waals surface area contributed by atoms with Crippen molar-refractivity contribution in [2.45, 2.75) is 39.7 Å². The first-order valence-electron chi connectivity index (χ1n) is 12.5. The van der Waals surface area contributed by atoms with Gasteiger partial charge in [-0.3, -0.25) is 18.6 Å². The van der Waals surface area contributed by atoms with Gasteiger partial charge in [0.2, 0.25) is 11.7 Å². The zero-order chi connectivity index (χ0) is 24.4. The summed E-state index contributed by atoms with van der Waals surface area (Å²) in [7, 11) is 0. The number of fused-ring (bicyclic) bond motifs is 3. The predicted octanol–water partition coefficient (Wildman–Crippen LogP) is 3.37. The molecule has 8 heteroatoms. The molecule has 5 rings (SSSR count). The number of anilines is 1. The third kappa shape index (κ3) is 4.65. The van der Waals surface area contributed by atoms with Crippen molar-refractivity contribution in [1.82, 2.24) is 24.1 Å². The second kappa shape index (κ2) is 9.90. The number of hydrogen-bond donors (Lipinski definition) is 0. The van der Waals surface area contributed by atoms with Crippen molar-refractivity contribution in [3.8, 4) is 0 Å². The highest BCUT2D eigenvalue weighted by molar-refractivity contribution is 5.80. The molecule has 0 bridgehead atoms. The van der Waals surface area contributed by atoms with Crippen LogP contribution in [-0.4, -0.2) is 56.2 Å². The summed E-state index contributed by atoms with van der Waals surface area (Å²) in [5.74, 6) is 1.86. The SMILES string of the molecule is CC(C)CCn1c(=O)c2ccccc2n2c(CCC(=O)N3CCN(c4ccccc4)CC3)nnc12. The van der Waals surface area contributed by atoms with Gasteiger partial charge in [0.15, 0.2) is 0 Å². The molecule has 0 unspecified atom stereocenters.